The normalized spacial score (nSPS) is 10.1. The maximum Gasteiger partial charge on any atom is 0.411 e. The molecule has 0 saturated carbocycles. The van der Waals surface area contributed by atoms with E-state index in [1.807, 2.05) is 0 Å². The SMILES string of the molecule is NC(=O)Oc1ncc(-c2ccc(F)cc2)cc1N. The first-order chi connectivity index (χ1) is 8.56. The highest BCUT2D eigenvalue weighted by atomic mass is 19.1. The minimum Gasteiger partial charge on any atom is -0.394 e. The number of hydrogen-bond acceptors (Lipinski definition) is 4. The van der Waals surface area contributed by atoms with Crippen molar-refractivity contribution in [2.24, 2.45) is 5.73 Å². The number of amides is 1. The molecule has 0 aliphatic heterocycles. The van der Waals surface area contributed by atoms with Crippen LogP contribution in [0.5, 0.6) is 5.88 Å². The Bertz CT molecular complexity index is 584. The molecule has 1 heterocycles. The van der Waals surface area contributed by atoms with Crippen LogP contribution in [0, 0.1) is 5.82 Å². The average Bonchev–Trinajstić information content (AvgIpc) is 2.32. The maximum absolute atomic E-state index is 12.8. The number of aromatic nitrogens is 1. The van der Waals surface area contributed by atoms with Crippen LogP contribution in [-0.4, -0.2) is 11.1 Å². The third-order valence-electron chi connectivity index (χ3n) is 2.25. The summed E-state index contributed by atoms with van der Waals surface area (Å²) in [4.78, 5) is 14.5. The van der Waals surface area contributed by atoms with Crippen molar-refractivity contribution < 1.29 is 13.9 Å². The number of carbonyl (C=O) groups excluding carboxylic acids is 1. The minimum absolute atomic E-state index is 0.0478. The lowest BCUT2D eigenvalue weighted by Gasteiger charge is -2.06. The first-order valence-corrected chi connectivity index (χ1v) is 5.05. The minimum atomic E-state index is -0.983. The van der Waals surface area contributed by atoms with Gasteiger partial charge in [-0.2, -0.15) is 0 Å². The smallest absolute Gasteiger partial charge is 0.394 e. The van der Waals surface area contributed by atoms with E-state index in [9.17, 15) is 9.18 Å². The Hall–Kier alpha value is -2.63. The van der Waals surface area contributed by atoms with Crippen LogP contribution in [0.2, 0.25) is 0 Å². The Labute approximate surface area is 102 Å². The predicted octanol–water partition coefficient (Wildman–Crippen LogP) is 1.93. The fraction of sp³-hybridized carbons (Fsp3) is 0. The molecule has 4 N–H and O–H groups in total. The van der Waals surface area contributed by atoms with E-state index in [-0.39, 0.29) is 17.4 Å². The van der Waals surface area contributed by atoms with Gasteiger partial charge in [-0.15, -0.1) is 0 Å². The molecular weight excluding hydrogens is 237 g/mol. The summed E-state index contributed by atoms with van der Waals surface area (Å²) in [5.74, 6) is -0.373. The van der Waals surface area contributed by atoms with Crippen LogP contribution in [0.15, 0.2) is 36.5 Å². The summed E-state index contributed by atoms with van der Waals surface area (Å²) in [6.07, 6.45) is 0.478. The number of hydrogen-bond donors (Lipinski definition) is 2. The van der Waals surface area contributed by atoms with Gasteiger partial charge in [0, 0.05) is 11.8 Å². The highest BCUT2D eigenvalue weighted by molar-refractivity contribution is 5.72. The van der Waals surface area contributed by atoms with Crippen molar-refractivity contribution in [1.82, 2.24) is 4.98 Å². The van der Waals surface area contributed by atoms with Crippen molar-refractivity contribution in [2.75, 3.05) is 5.73 Å². The van der Waals surface area contributed by atoms with Crippen LogP contribution >= 0.6 is 0 Å². The molecular formula is C12H10FN3O2. The number of rotatable bonds is 2. The summed E-state index contributed by atoms with van der Waals surface area (Å²) >= 11 is 0. The highest BCUT2D eigenvalue weighted by Gasteiger charge is 2.08. The van der Waals surface area contributed by atoms with Gasteiger partial charge in [-0.1, -0.05) is 12.1 Å². The van der Waals surface area contributed by atoms with Gasteiger partial charge in [-0.25, -0.2) is 14.2 Å². The van der Waals surface area contributed by atoms with Crippen molar-refractivity contribution >= 4 is 11.8 Å². The molecule has 2 rings (SSSR count). The quantitative estimate of drug-likeness (QED) is 0.848. The lowest BCUT2D eigenvalue weighted by molar-refractivity contribution is 0.209. The Morgan fingerprint density at radius 2 is 1.89 bits per heavy atom. The molecule has 0 spiro atoms. The summed E-state index contributed by atoms with van der Waals surface area (Å²) in [5, 5.41) is 0. The topological polar surface area (TPSA) is 91.2 Å². The Morgan fingerprint density at radius 3 is 2.44 bits per heavy atom. The van der Waals surface area contributed by atoms with Crippen molar-refractivity contribution in [3.8, 4) is 17.0 Å². The summed E-state index contributed by atoms with van der Waals surface area (Å²) < 4.78 is 17.4. The fourth-order valence-electron chi connectivity index (χ4n) is 1.45. The lowest BCUT2D eigenvalue weighted by Crippen LogP contribution is -2.17. The van der Waals surface area contributed by atoms with E-state index >= 15 is 0 Å². The standard InChI is InChI=1S/C12H10FN3O2/c13-9-3-1-7(2-4-9)8-5-10(14)11(16-6-8)18-12(15)17/h1-6H,14H2,(H2,15,17). The zero-order valence-corrected chi connectivity index (χ0v) is 9.26. The maximum atomic E-state index is 12.8. The summed E-state index contributed by atoms with van der Waals surface area (Å²) in [6, 6.07) is 7.43. The molecule has 1 aromatic carbocycles. The first kappa shape index (κ1) is 11.8. The number of carbonyl (C=O) groups is 1. The van der Waals surface area contributed by atoms with E-state index in [0.717, 1.165) is 5.56 Å². The van der Waals surface area contributed by atoms with Crippen LogP contribution in [-0.2, 0) is 0 Å². The molecule has 18 heavy (non-hydrogen) atoms. The molecule has 0 saturated heterocycles. The average molecular weight is 247 g/mol. The molecule has 1 aromatic heterocycles. The number of nitrogens with two attached hydrogens (primary N) is 2. The summed E-state index contributed by atoms with van der Waals surface area (Å²) in [5.41, 5.74) is 12.1. The molecule has 0 radical (unpaired) electrons. The van der Waals surface area contributed by atoms with Gasteiger partial charge in [-0.3, -0.25) is 0 Å². The molecule has 92 valence electrons. The van der Waals surface area contributed by atoms with Gasteiger partial charge < -0.3 is 16.2 Å². The van der Waals surface area contributed by atoms with Gasteiger partial charge in [0.05, 0.1) is 5.69 Å². The van der Waals surface area contributed by atoms with E-state index in [1.54, 1.807) is 18.2 Å². The monoisotopic (exact) mass is 247 g/mol. The van der Waals surface area contributed by atoms with Crippen LogP contribution in [0.25, 0.3) is 11.1 Å². The van der Waals surface area contributed by atoms with E-state index in [1.165, 1.54) is 18.3 Å². The molecule has 0 aliphatic carbocycles. The van der Waals surface area contributed by atoms with Gasteiger partial charge in [-0.05, 0) is 23.8 Å². The van der Waals surface area contributed by atoms with Crippen LogP contribution in [0.3, 0.4) is 0 Å². The van der Waals surface area contributed by atoms with E-state index < -0.39 is 6.09 Å². The van der Waals surface area contributed by atoms with Crippen LogP contribution in [0.4, 0.5) is 14.9 Å². The number of anilines is 1. The van der Waals surface area contributed by atoms with Crippen LogP contribution in [0.1, 0.15) is 0 Å². The largest absolute Gasteiger partial charge is 0.411 e. The number of halogens is 1. The molecule has 0 aliphatic rings. The zero-order valence-electron chi connectivity index (χ0n) is 9.26. The van der Waals surface area contributed by atoms with Crippen molar-refractivity contribution in [2.45, 2.75) is 0 Å². The number of benzene rings is 1. The molecule has 5 nitrogen and oxygen atoms in total. The predicted molar refractivity (Wildman–Crippen MR) is 64.3 cm³/mol. The van der Waals surface area contributed by atoms with E-state index in [2.05, 4.69) is 9.72 Å². The van der Waals surface area contributed by atoms with E-state index in [0.29, 0.717) is 5.56 Å². The van der Waals surface area contributed by atoms with Gasteiger partial charge in [0.2, 0.25) is 5.88 Å². The van der Waals surface area contributed by atoms with Gasteiger partial charge >= 0.3 is 6.09 Å². The molecule has 0 fully saturated rings. The second kappa shape index (κ2) is 4.70. The second-order valence-corrected chi connectivity index (χ2v) is 3.55. The number of ether oxygens (including phenoxy) is 1. The Morgan fingerprint density at radius 1 is 1.22 bits per heavy atom. The Kier molecular flexibility index (Phi) is 3.09. The third kappa shape index (κ3) is 2.54. The van der Waals surface area contributed by atoms with Gasteiger partial charge in [0.15, 0.2) is 0 Å². The van der Waals surface area contributed by atoms with Gasteiger partial charge in [0.1, 0.15) is 5.82 Å². The number of primary amides is 1. The lowest BCUT2D eigenvalue weighted by atomic mass is 10.1. The summed E-state index contributed by atoms with van der Waals surface area (Å²) in [6.45, 7) is 0. The molecule has 0 unspecified atom stereocenters. The third-order valence-corrected chi connectivity index (χ3v) is 2.25. The van der Waals surface area contributed by atoms with Gasteiger partial charge in [0.25, 0.3) is 0 Å². The van der Waals surface area contributed by atoms with Crippen LogP contribution < -0.4 is 16.2 Å². The van der Waals surface area contributed by atoms with E-state index in [4.69, 9.17) is 11.5 Å². The zero-order chi connectivity index (χ0) is 13.1. The molecule has 1 amide bonds. The molecule has 0 atom stereocenters. The number of nitrogen functional groups attached to an aromatic ring is 1. The van der Waals surface area contributed by atoms with Crippen molar-refractivity contribution in [3.63, 3.8) is 0 Å². The number of nitrogens with zero attached hydrogens (tertiary/aromatic N) is 1. The highest BCUT2D eigenvalue weighted by Crippen LogP contribution is 2.26. The molecule has 0 bridgehead atoms. The summed E-state index contributed by atoms with van der Waals surface area (Å²) in [7, 11) is 0. The van der Waals surface area contributed by atoms with Crippen molar-refractivity contribution in [1.29, 1.82) is 0 Å². The first-order valence-electron chi connectivity index (χ1n) is 5.05. The second-order valence-electron chi connectivity index (χ2n) is 3.55. The fourth-order valence-corrected chi connectivity index (χ4v) is 1.45. The molecule has 2 aromatic rings. The Balaban J connectivity index is 2.33. The van der Waals surface area contributed by atoms with Crippen molar-refractivity contribution in [3.05, 3.63) is 42.3 Å². The molecule has 6 heteroatoms. The number of pyridine rings is 1.